The van der Waals surface area contributed by atoms with E-state index >= 15 is 0 Å². The highest BCUT2D eigenvalue weighted by Gasteiger charge is 2.25. The first-order valence-corrected chi connectivity index (χ1v) is 11.5. The third kappa shape index (κ3) is 6.65. The van der Waals surface area contributed by atoms with Gasteiger partial charge in [-0.1, -0.05) is 11.6 Å². The Labute approximate surface area is 186 Å². The van der Waals surface area contributed by atoms with Gasteiger partial charge in [0.05, 0.1) is 19.3 Å². The molecule has 2 aliphatic rings. The monoisotopic (exact) mass is 436 g/mol. The third-order valence-corrected chi connectivity index (χ3v) is 6.09. The zero-order valence-corrected chi connectivity index (χ0v) is 19.4. The number of guanidine groups is 1. The summed E-state index contributed by atoms with van der Waals surface area (Å²) in [4.78, 5) is 12.1. The van der Waals surface area contributed by atoms with Gasteiger partial charge in [-0.3, -0.25) is 4.99 Å². The molecule has 0 radical (unpaired) electrons. The van der Waals surface area contributed by atoms with Gasteiger partial charge in [0.1, 0.15) is 5.75 Å². The number of methoxy groups -OCH3 is 1. The number of likely N-dealkylation sites (N-methyl/N-ethyl adjacent to an activating group) is 1. The van der Waals surface area contributed by atoms with Gasteiger partial charge in [-0.2, -0.15) is 0 Å². The van der Waals surface area contributed by atoms with Gasteiger partial charge in [-0.25, -0.2) is 0 Å². The second-order valence-electron chi connectivity index (χ2n) is 8.15. The van der Waals surface area contributed by atoms with Crippen LogP contribution in [-0.2, 0) is 0 Å². The summed E-state index contributed by atoms with van der Waals surface area (Å²) in [5, 5.41) is 7.76. The molecule has 8 heteroatoms. The first-order chi connectivity index (χ1) is 14.6. The lowest BCUT2D eigenvalue weighted by molar-refractivity contribution is 0.283. The molecule has 7 nitrogen and oxygen atoms in total. The van der Waals surface area contributed by atoms with Crippen molar-refractivity contribution < 1.29 is 4.74 Å². The number of hydrogen-bond acceptors (Lipinski definition) is 5. The smallest absolute Gasteiger partial charge is 0.191 e. The number of nitrogens with zero attached hydrogens (tertiary/aromatic N) is 4. The van der Waals surface area contributed by atoms with Crippen LogP contribution in [0.15, 0.2) is 23.2 Å². The van der Waals surface area contributed by atoms with Crippen molar-refractivity contribution in [1.29, 1.82) is 0 Å². The van der Waals surface area contributed by atoms with E-state index in [4.69, 9.17) is 21.3 Å². The van der Waals surface area contributed by atoms with Gasteiger partial charge in [0.15, 0.2) is 5.96 Å². The molecule has 0 amide bonds. The Bertz CT molecular complexity index is 700. The number of aliphatic imine (C=N–C) groups is 1. The molecule has 0 spiro atoms. The molecular weight excluding hydrogens is 400 g/mol. The van der Waals surface area contributed by atoms with Crippen LogP contribution >= 0.6 is 11.6 Å². The third-order valence-electron chi connectivity index (χ3n) is 5.85. The van der Waals surface area contributed by atoms with E-state index < -0.39 is 0 Å². The lowest BCUT2D eigenvalue weighted by Gasteiger charge is -2.23. The maximum atomic E-state index is 6.22. The molecule has 2 heterocycles. The molecule has 1 atom stereocenters. The fraction of sp³-hybridized carbons (Fsp3) is 0.682. The molecule has 2 fully saturated rings. The van der Waals surface area contributed by atoms with E-state index in [0.717, 1.165) is 74.7 Å². The Balaban J connectivity index is 1.52. The topological polar surface area (TPSA) is 55.4 Å². The molecule has 2 N–H and O–H groups in total. The summed E-state index contributed by atoms with van der Waals surface area (Å²) >= 11 is 6.22. The number of halogens is 1. The highest BCUT2D eigenvalue weighted by Crippen LogP contribution is 2.33. The van der Waals surface area contributed by atoms with Gasteiger partial charge in [0.25, 0.3) is 0 Å². The quantitative estimate of drug-likeness (QED) is 0.504. The summed E-state index contributed by atoms with van der Waals surface area (Å²) in [7, 11) is 3.91. The van der Waals surface area contributed by atoms with Crippen molar-refractivity contribution in [2.24, 2.45) is 4.99 Å². The lowest BCUT2D eigenvalue weighted by atomic mass is 10.2. The summed E-state index contributed by atoms with van der Waals surface area (Å²) in [6.45, 7) is 11.3. The van der Waals surface area contributed by atoms with Crippen molar-refractivity contribution >= 4 is 23.2 Å². The minimum absolute atomic E-state index is 0.346. The fourth-order valence-corrected chi connectivity index (χ4v) is 4.31. The van der Waals surface area contributed by atoms with Gasteiger partial charge >= 0.3 is 0 Å². The van der Waals surface area contributed by atoms with Gasteiger partial charge < -0.3 is 30.1 Å². The summed E-state index contributed by atoms with van der Waals surface area (Å²) in [6.07, 6.45) is 2.29. The number of nitrogens with one attached hydrogen (secondary N) is 2. The standard InChI is InChI=1S/C22H37ClN6O/c1-4-24-22(25-9-13-28-11-5-10-27(2)14-15-28)26-19-8-12-29(17-19)20-16-18(23)6-7-21(20)30-3/h6-7,16,19H,4-5,8-15,17H2,1-3H3,(H2,24,25,26). The number of benzene rings is 1. The second-order valence-corrected chi connectivity index (χ2v) is 8.59. The zero-order chi connectivity index (χ0) is 21.3. The number of rotatable bonds is 7. The van der Waals surface area contributed by atoms with Gasteiger partial charge in [-0.05, 0) is 58.1 Å². The Morgan fingerprint density at radius 1 is 1.23 bits per heavy atom. The average Bonchev–Trinajstić information content (AvgIpc) is 3.10. The molecule has 0 aliphatic carbocycles. The first-order valence-electron chi connectivity index (χ1n) is 11.1. The van der Waals surface area contributed by atoms with Crippen LogP contribution in [0.2, 0.25) is 5.02 Å². The van der Waals surface area contributed by atoms with E-state index in [9.17, 15) is 0 Å². The minimum atomic E-state index is 0.346. The van der Waals surface area contributed by atoms with Crippen LogP contribution in [0.4, 0.5) is 5.69 Å². The van der Waals surface area contributed by atoms with Crippen LogP contribution in [0.1, 0.15) is 19.8 Å². The molecule has 3 rings (SSSR count). The Morgan fingerprint density at radius 3 is 2.90 bits per heavy atom. The molecule has 30 heavy (non-hydrogen) atoms. The summed E-state index contributed by atoms with van der Waals surface area (Å²) in [5.41, 5.74) is 1.06. The van der Waals surface area contributed by atoms with Crippen LogP contribution in [0.3, 0.4) is 0 Å². The van der Waals surface area contributed by atoms with E-state index in [1.807, 2.05) is 18.2 Å². The molecule has 1 aromatic carbocycles. The van der Waals surface area contributed by atoms with Crippen LogP contribution in [0.25, 0.3) is 0 Å². The van der Waals surface area contributed by atoms with E-state index in [0.29, 0.717) is 6.04 Å². The van der Waals surface area contributed by atoms with Crippen molar-refractivity contribution in [3.8, 4) is 5.75 Å². The number of ether oxygens (including phenoxy) is 1. The SMILES string of the molecule is CCNC(=NCCN1CCCN(C)CC1)NC1CCN(c2cc(Cl)ccc2OC)C1. The van der Waals surface area contributed by atoms with E-state index in [-0.39, 0.29) is 0 Å². The molecule has 1 unspecified atom stereocenters. The largest absolute Gasteiger partial charge is 0.495 e. The van der Waals surface area contributed by atoms with Crippen LogP contribution < -0.4 is 20.3 Å². The molecule has 0 aromatic heterocycles. The summed E-state index contributed by atoms with van der Waals surface area (Å²) in [6, 6.07) is 6.14. The van der Waals surface area contributed by atoms with E-state index in [1.165, 1.54) is 19.5 Å². The van der Waals surface area contributed by atoms with Crippen molar-refractivity contribution in [1.82, 2.24) is 20.4 Å². The molecule has 0 saturated carbocycles. The summed E-state index contributed by atoms with van der Waals surface area (Å²) < 4.78 is 5.53. The summed E-state index contributed by atoms with van der Waals surface area (Å²) in [5.74, 6) is 1.78. The molecule has 0 bridgehead atoms. The van der Waals surface area contributed by atoms with Crippen LogP contribution in [-0.4, -0.2) is 94.9 Å². The van der Waals surface area contributed by atoms with Crippen molar-refractivity contribution in [3.63, 3.8) is 0 Å². The number of anilines is 1. The van der Waals surface area contributed by atoms with E-state index in [2.05, 4.69) is 39.3 Å². The minimum Gasteiger partial charge on any atom is -0.495 e. The molecule has 1 aromatic rings. The molecule has 168 valence electrons. The maximum absolute atomic E-state index is 6.22. The Morgan fingerprint density at radius 2 is 2.10 bits per heavy atom. The fourth-order valence-electron chi connectivity index (χ4n) is 4.15. The van der Waals surface area contributed by atoms with Gasteiger partial charge in [0.2, 0.25) is 0 Å². The molecular formula is C22H37ClN6O. The number of hydrogen-bond donors (Lipinski definition) is 2. The Kier molecular flexibility index (Phi) is 8.90. The average molecular weight is 437 g/mol. The lowest BCUT2D eigenvalue weighted by Crippen LogP contribution is -2.45. The zero-order valence-electron chi connectivity index (χ0n) is 18.7. The van der Waals surface area contributed by atoms with Gasteiger partial charge in [-0.15, -0.1) is 0 Å². The second kappa shape index (κ2) is 11.6. The highest BCUT2D eigenvalue weighted by molar-refractivity contribution is 6.30. The Hall–Kier alpha value is -1.70. The van der Waals surface area contributed by atoms with Crippen molar-refractivity contribution in [2.75, 3.05) is 78.0 Å². The molecule has 2 saturated heterocycles. The van der Waals surface area contributed by atoms with Crippen molar-refractivity contribution in [3.05, 3.63) is 23.2 Å². The predicted molar refractivity (Wildman–Crippen MR) is 126 cm³/mol. The maximum Gasteiger partial charge on any atom is 0.191 e. The van der Waals surface area contributed by atoms with Crippen LogP contribution in [0, 0.1) is 0 Å². The highest BCUT2D eigenvalue weighted by atomic mass is 35.5. The normalized spacial score (nSPS) is 21.5. The van der Waals surface area contributed by atoms with Crippen molar-refractivity contribution in [2.45, 2.75) is 25.8 Å². The van der Waals surface area contributed by atoms with E-state index in [1.54, 1.807) is 7.11 Å². The van der Waals surface area contributed by atoms with Crippen LogP contribution in [0.5, 0.6) is 5.75 Å². The molecule has 2 aliphatic heterocycles. The predicted octanol–water partition coefficient (Wildman–Crippen LogP) is 2.12. The van der Waals surface area contributed by atoms with Gasteiger partial charge in [0, 0.05) is 50.3 Å². The first kappa shape index (κ1) is 23.0.